The van der Waals surface area contributed by atoms with Gasteiger partial charge in [-0.2, -0.15) is 11.8 Å². The van der Waals surface area contributed by atoms with Gasteiger partial charge in [0.05, 0.1) is 17.9 Å². The first kappa shape index (κ1) is 15.5. The summed E-state index contributed by atoms with van der Waals surface area (Å²) in [6.07, 6.45) is 1.14. The topological polar surface area (TPSA) is 58.4 Å². The molecule has 1 atom stereocenters. The number of nitrogens with zero attached hydrogens (tertiary/aromatic N) is 1. The average Bonchev–Trinajstić information content (AvgIpc) is 2.43. The van der Waals surface area contributed by atoms with Crippen molar-refractivity contribution in [2.75, 3.05) is 36.4 Å². The number of hydrogen-bond donors (Lipinski definition) is 2. The van der Waals surface area contributed by atoms with Gasteiger partial charge in [-0.25, -0.2) is 0 Å². The smallest absolute Gasteiger partial charge is 0.238 e. The fourth-order valence-electron chi connectivity index (χ4n) is 2.20. The Bertz CT molecular complexity index is 483. The molecule has 1 saturated heterocycles. The molecule has 2 rings (SSSR count). The van der Waals surface area contributed by atoms with Gasteiger partial charge in [0, 0.05) is 29.1 Å². The molecule has 0 bridgehead atoms. The minimum atomic E-state index is -0.0410. The highest BCUT2D eigenvalue weighted by Gasteiger charge is 2.20. The number of carbonyl (C=O) groups excluding carboxylic acids is 1. The molecule has 0 radical (unpaired) electrons. The van der Waals surface area contributed by atoms with E-state index in [1.54, 1.807) is 18.2 Å². The molecule has 0 spiro atoms. The third kappa shape index (κ3) is 4.30. The third-order valence-corrected chi connectivity index (χ3v) is 4.94. The van der Waals surface area contributed by atoms with E-state index in [1.165, 1.54) is 0 Å². The van der Waals surface area contributed by atoms with E-state index in [4.69, 9.17) is 17.3 Å². The predicted octanol–water partition coefficient (Wildman–Crippen LogP) is 2.69. The van der Waals surface area contributed by atoms with E-state index >= 15 is 0 Å². The van der Waals surface area contributed by atoms with Crippen LogP contribution in [0.25, 0.3) is 0 Å². The minimum absolute atomic E-state index is 0.0410. The number of amides is 1. The normalized spacial score (nSPS) is 19.8. The number of halogens is 1. The number of benzene rings is 1. The van der Waals surface area contributed by atoms with Crippen LogP contribution in [-0.2, 0) is 4.79 Å². The molecule has 4 nitrogen and oxygen atoms in total. The Morgan fingerprint density at radius 3 is 3.15 bits per heavy atom. The van der Waals surface area contributed by atoms with Crippen molar-refractivity contribution in [1.82, 2.24) is 4.90 Å². The zero-order chi connectivity index (χ0) is 14.5. The van der Waals surface area contributed by atoms with E-state index in [0.29, 0.717) is 28.2 Å². The molecule has 1 amide bonds. The lowest BCUT2D eigenvalue weighted by Gasteiger charge is -2.31. The van der Waals surface area contributed by atoms with Crippen LogP contribution in [0, 0.1) is 0 Å². The van der Waals surface area contributed by atoms with Crippen molar-refractivity contribution < 1.29 is 4.79 Å². The highest BCUT2D eigenvalue weighted by atomic mass is 35.5. The summed E-state index contributed by atoms with van der Waals surface area (Å²) in [5.74, 6) is 1.05. The van der Waals surface area contributed by atoms with E-state index in [2.05, 4.69) is 17.1 Å². The molecule has 0 aliphatic carbocycles. The van der Waals surface area contributed by atoms with Gasteiger partial charge < -0.3 is 11.1 Å². The van der Waals surface area contributed by atoms with Gasteiger partial charge in [0.15, 0.2) is 0 Å². The van der Waals surface area contributed by atoms with Gasteiger partial charge in [-0.05, 0) is 24.6 Å². The Labute approximate surface area is 129 Å². The Balaban J connectivity index is 1.90. The first-order chi connectivity index (χ1) is 9.58. The lowest BCUT2D eigenvalue weighted by molar-refractivity contribution is -0.117. The van der Waals surface area contributed by atoms with Crippen LogP contribution < -0.4 is 11.1 Å². The molecule has 6 heteroatoms. The van der Waals surface area contributed by atoms with Crippen molar-refractivity contribution >= 4 is 40.6 Å². The molecular weight excluding hydrogens is 294 g/mol. The molecule has 1 unspecified atom stereocenters. The number of nitrogens with one attached hydrogen (secondary N) is 1. The SMILES string of the molecule is CCC1CN(CC(=O)Nc2cc(Cl)ccc2N)CCS1. The second-order valence-corrected chi connectivity index (χ2v) is 6.76. The lowest BCUT2D eigenvalue weighted by atomic mass is 10.2. The maximum Gasteiger partial charge on any atom is 0.238 e. The quantitative estimate of drug-likeness (QED) is 0.839. The van der Waals surface area contributed by atoms with Gasteiger partial charge in [0.2, 0.25) is 5.91 Å². The number of thioether (sulfide) groups is 1. The number of nitrogen functional groups attached to an aromatic ring is 1. The minimum Gasteiger partial charge on any atom is -0.397 e. The van der Waals surface area contributed by atoms with Crippen molar-refractivity contribution in [2.45, 2.75) is 18.6 Å². The Morgan fingerprint density at radius 2 is 2.40 bits per heavy atom. The van der Waals surface area contributed by atoms with E-state index in [9.17, 15) is 4.79 Å². The maximum absolute atomic E-state index is 12.1. The molecule has 1 aromatic carbocycles. The van der Waals surface area contributed by atoms with Gasteiger partial charge >= 0.3 is 0 Å². The molecule has 1 aliphatic heterocycles. The van der Waals surface area contributed by atoms with Crippen LogP contribution in [0.4, 0.5) is 11.4 Å². The summed E-state index contributed by atoms with van der Waals surface area (Å²) in [7, 11) is 0. The van der Waals surface area contributed by atoms with Gasteiger partial charge in [-0.15, -0.1) is 0 Å². The molecular formula is C14H20ClN3OS. The van der Waals surface area contributed by atoms with Crippen LogP contribution >= 0.6 is 23.4 Å². The average molecular weight is 314 g/mol. The third-order valence-electron chi connectivity index (χ3n) is 3.33. The van der Waals surface area contributed by atoms with Crippen molar-refractivity contribution in [3.05, 3.63) is 23.2 Å². The van der Waals surface area contributed by atoms with E-state index in [-0.39, 0.29) is 5.91 Å². The molecule has 20 heavy (non-hydrogen) atoms. The van der Waals surface area contributed by atoms with Crippen LogP contribution in [0.15, 0.2) is 18.2 Å². The molecule has 1 aliphatic rings. The van der Waals surface area contributed by atoms with Crippen LogP contribution in [0.1, 0.15) is 13.3 Å². The van der Waals surface area contributed by atoms with Crippen LogP contribution in [-0.4, -0.2) is 41.4 Å². The molecule has 0 aromatic heterocycles. The van der Waals surface area contributed by atoms with Crippen molar-refractivity contribution in [3.63, 3.8) is 0 Å². The molecule has 0 saturated carbocycles. The summed E-state index contributed by atoms with van der Waals surface area (Å²) >= 11 is 7.90. The van der Waals surface area contributed by atoms with E-state index < -0.39 is 0 Å². The van der Waals surface area contributed by atoms with E-state index in [0.717, 1.165) is 25.3 Å². The zero-order valence-corrected chi connectivity index (χ0v) is 13.1. The summed E-state index contributed by atoms with van der Waals surface area (Å²) in [4.78, 5) is 14.3. The van der Waals surface area contributed by atoms with Crippen molar-refractivity contribution in [2.24, 2.45) is 0 Å². The fraction of sp³-hybridized carbons (Fsp3) is 0.500. The molecule has 3 N–H and O–H groups in total. The van der Waals surface area contributed by atoms with Crippen LogP contribution in [0.2, 0.25) is 5.02 Å². The second kappa shape index (κ2) is 7.20. The van der Waals surface area contributed by atoms with Crippen LogP contribution in [0.5, 0.6) is 0 Å². The fourth-order valence-corrected chi connectivity index (χ4v) is 3.62. The van der Waals surface area contributed by atoms with Crippen LogP contribution in [0.3, 0.4) is 0 Å². The first-order valence-electron chi connectivity index (χ1n) is 6.77. The summed E-state index contributed by atoms with van der Waals surface area (Å²) in [5, 5.41) is 4.03. The molecule has 1 fully saturated rings. The molecule has 1 heterocycles. The van der Waals surface area contributed by atoms with Crippen molar-refractivity contribution in [3.8, 4) is 0 Å². The number of nitrogens with two attached hydrogens (primary N) is 1. The Morgan fingerprint density at radius 1 is 1.60 bits per heavy atom. The second-order valence-electron chi connectivity index (χ2n) is 4.92. The van der Waals surface area contributed by atoms with Gasteiger partial charge in [-0.1, -0.05) is 18.5 Å². The monoisotopic (exact) mass is 313 g/mol. The summed E-state index contributed by atoms with van der Waals surface area (Å²) in [6, 6.07) is 5.08. The lowest BCUT2D eigenvalue weighted by Crippen LogP contribution is -2.42. The largest absolute Gasteiger partial charge is 0.397 e. The predicted molar refractivity (Wildman–Crippen MR) is 87.5 cm³/mol. The first-order valence-corrected chi connectivity index (χ1v) is 8.20. The van der Waals surface area contributed by atoms with Gasteiger partial charge in [0.25, 0.3) is 0 Å². The standard InChI is InChI=1S/C14H20ClN3OS/c1-2-11-8-18(5-6-20-11)9-14(19)17-13-7-10(15)3-4-12(13)16/h3-4,7,11H,2,5-6,8-9,16H2,1H3,(H,17,19). The summed E-state index contributed by atoms with van der Waals surface area (Å²) in [6.45, 7) is 4.52. The zero-order valence-electron chi connectivity index (χ0n) is 11.6. The van der Waals surface area contributed by atoms with Gasteiger partial charge in [-0.3, -0.25) is 9.69 Å². The highest BCUT2D eigenvalue weighted by molar-refractivity contribution is 8.00. The Kier molecular flexibility index (Phi) is 5.57. The summed E-state index contributed by atoms with van der Waals surface area (Å²) in [5.41, 5.74) is 6.94. The number of carbonyl (C=O) groups is 1. The summed E-state index contributed by atoms with van der Waals surface area (Å²) < 4.78 is 0. The number of anilines is 2. The van der Waals surface area contributed by atoms with E-state index in [1.807, 2.05) is 11.8 Å². The highest BCUT2D eigenvalue weighted by Crippen LogP contribution is 2.23. The number of hydrogen-bond acceptors (Lipinski definition) is 4. The molecule has 1 aromatic rings. The molecule has 110 valence electrons. The Hall–Kier alpha value is -0.910. The number of rotatable bonds is 4. The van der Waals surface area contributed by atoms with Gasteiger partial charge in [0.1, 0.15) is 0 Å². The maximum atomic E-state index is 12.1. The van der Waals surface area contributed by atoms with Crippen molar-refractivity contribution in [1.29, 1.82) is 0 Å².